The molecule has 7 heteroatoms. The molecular formula is C16H18F2N4O. The first kappa shape index (κ1) is 15.6. The van der Waals surface area contributed by atoms with Gasteiger partial charge in [0.2, 0.25) is 0 Å². The van der Waals surface area contributed by atoms with E-state index in [2.05, 4.69) is 10.4 Å². The zero-order valence-corrected chi connectivity index (χ0v) is 13.0. The second-order valence-corrected chi connectivity index (χ2v) is 5.80. The van der Waals surface area contributed by atoms with Crippen LogP contribution in [0.5, 0.6) is 0 Å². The predicted molar refractivity (Wildman–Crippen MR) is 81.9 cm³/mol. The Hall–Kier alpha value is -2.28. The van der Waals surface area contributed by atoms with Crippen molar-refractivity contribution in [1.82, 2.24) is 20.0 Å². The van der Waals surface area contributed by atoms with E-state index in [1.54, 1.807) is 18.1 Å². The van der Waals surface area contributed by atoms with Crippen LogP contribution in [0.15, 0.2) is 24.4 Å². The van der Waals surface area contributed by atoms with E-state index in [0.717, 1.165) is 12.1 Å². The number of aromatic nitrogens is 2. The number of piperazine rings is 1. The smallest absolute Gasteiger partial charge is 0.257 e. The molecule has 0 spiro atoms. The van der Waals surface area contributed by atoms with E-state index >= 15 is 0 Å². The highest BCUT2D eigenvalue weighted by Crippen LogP contribution is 2.26. The summed E-state index contributed by atoms with van der Waals surface area (Å²) in [5.41, 5.74) is 0.687. The molecule has 1 N–H and O–H groups in total. The largest absolute Gasteiger partial charge is 0.336 e. The maximum Gasteiger partial charge on any atom is 0.257 e. The van der Waals surface area contributed by atoms with Crippen LogP contribution < -0.4 is 5.32 Å². The Kier molecular flexibility index (Phi) is 4.12. The fraction of sp³-hybridized carbons (Fsp3) is 0.375. The van der Waals surface area contributed by atoms with Gasteiger partial charge >= 0.3 is 0 Å². The number of hydrogen-bond acceptors (Lipinski definition) is 3. The fourth-order valence-electron chi connectivity index (χ4n) is 2.81. The second kappa shape index (κ2) is 6.08. The number of nitrogens with zero attached hydrogens (tertiary/aromatic N) is 3. The predicted octanol–water partition coefficient (Wildman–Crippen LogP) is 1.80. The van der Waals surface area contributed by atoms with Gasteiger partial charge in [0.05, 0.1) is 5.56 Å². The van der Waals surface area contributed by atoms with E-state index in [9.17, 15) is 13.6 Å². The van der Waals surface area contributed by atoms with Crippen LogP contribution in [0.2, 0.25) is 0 Å². The molecule has 1 amide bonds. The van der Waals surface area contributed by atoms with Crippen molar-refractivity contribution < 1.29 is 13.6 Å². The summed E-state index contributed by atoms with van der Waals surface area (Å²) < 4.78 is 28.7. The lowest BCUT2D eigenvalue weighted by atomic mass is 10.1. The molecule has 0 saturated carbocycles. The number of hydrogen-bond donors (Lipinski definition) is 1. The molecule has 1 aliphatic rings. The number of nitrogens with one attached hydrogen (secondary N) is 1. The van der Waals surface area contributed by atoms with Crippen LogP contribution >= 0.6 is 0 Å². The van der Waals surface area contributed by atoms with Gasteiger partial charge in [0, 0.05) is 50.6 Å². The number of carbonyl (C=O) groups is 1. The first-order chi connectivity index (χ1) is 11.0. The minimum Gasteiger partial charge on any atom is -0.336 e. The molecule has 0 unspecified atom stereocenters. The molecule has 2 heterocycles. The quantitative estimate of drug-likeness (QED) is 0.918. The van der Waals surface area contributed by atoms with Crippen LogP contribution in [0.1, 0.15) is 17.3 Å². The third-order valence-electron chi connectivity index (χ3n) is 3.90. The number of aryl methyl sites for hydroxylation is 1. The van der Waals surface area contributed by atoms with E-state index in [0.29, 0.717) is 25.2 Å². The van der Waals surface area contributed by atoms with Crippen molar-refractivity contribution >= 4 is 5.91 Å². The van der Waals surface area contributed by atoms with Gasteiger partial charge in [-0.05, 0) is 19.1 Å². The van der Waals surface area contributed by atoms with Crippen LogP contribution in [0.4, 0.5) is 8.78 Å². The molecule has 1 aliphatic heterocycles. The Bertz CT molecular complexity index is 744. The van der Waals surface area contributed by atoms with Crippen molar-refractivity contribution in [2.75, 3.05) is 19.6 Å². The molecular weight excluding hydrogens is 302 g/mol. The van der Waals surface area contributed by atoms with Gasteiger partial charge in [-0.1, -0.05) is 0 Å². The molecule has 122 valence electrons. The van der Waals surface area contributed by atoms with Crippen molar-refractivity contribution in [2.24, 2.45) is 7.05 Å². The van der Waals surface area contributed by atoms with Crippen molar-refractivity contribution in [3.63, 3.8) is 0 Å². The van der Waals surface area contributed by atoms with Gasteiger partial charge in [-0.15, -0.1) is 0 Å². The SMILES string of the molecule is C[C@@H]1CN(C(=O)c2cn(C)nc2-c2ccc(F)cc2F)CCN1. The molecule has 23 heavy (non-hydrogen) atoms. The van der Waals surface area contributed by atoms with E-state index < -0.39 is 11.6 Å². The number of carbonyl (C=O) groups excluding carboxylic acids is 1. The average molecular weight is 320 g/mol. The Labute approximate surface area is 132 Å². The topological polar surface area (TPSA) is 50.2 Å². The van der Waals surface area contributed by atoms with Gasteiger partial charge in [0.25, 0.3) is 5.91 Å². The molecule has 1 aromatic heterocycles. The highest BCUT2D eigenvalue weighted by molar-refractivity contribution is 6.00. The van der Waals surface area contributed by atoms with Gasteiger partial charge in [0.15, 0.2) is 0 Å². The molecule has 1 aromatic carbocycles. The van der Waals surface area contributed by atoms with E-state index in [-0.39, 0.29) is 23.2 Å². The summed E-state index contributed by atoms with van der Waals surface area (Å²) in [7, 11) is 1.67. The third kappa shape index (κ3) is 3.10. The number of amides is 1. The summed E-state index contributed by atoms with van der Waals surface area (Å²) in [6, 6.07) is 3.47. The van der Waals surface area contributed by atoms with Gasteiger partial charge in [-0.2, -0.15) is 5.10 Å². The minimum absolute atomic E-state index is 0.124. The van der Waals surface area contributed by atoms with Crippen molar-refractivity contribution in [1.29, 1.82) is 0 Å². The average Bonchev–Trinajstić information content (AvgIpc) is 2.88. The Balaban J connectivity index is 1.99. The number of halogens is 2. The zero-order valence-electron chi connectivity index (χ0n) is 13.0. The second-order valence-electron chi connectivity index (χ2n) is 5.80. The lowest BCUT2D eigenvalue weighted by Crippen LogP contribution is -2.51. The van der Waals surface area contributed by atoms with Crippen molar-refractivity contribution in [3.8, 4) is 11.3 Å². The van der Waals surface area contributed by atoms with E-state index in [1.807, 2.05) is 6.92 Å². The van der Waals surface area contributed by atoms with Crippen molar-refractivity contribution in [3.05, 3.63) is 41.6 Å². The lowest BCUT2D eigenvalue weighted by Gasteiger charge is -2.31. The Morgan fingerprint density at radius 3 is 2.87 bits per heavy atom. The maximum absolute atomic E-state index is 14.1. The van der Waals surface area contributed by atoms with E-state index in [1.165, 1.54) is 10.7 Å². The third-order valence-corrected chi connectivity index (χ3v) is 3.90. The molecule has 1 fully saturated rings. The van der Waals surface area contributed by atoms with Crippen LogP contribution in [0.3, 0.4) is 0 Å². The van der Waals surface area contributed by atoms with Gasteiger partial charge in [-0.3, -0.25) is 9.48 Å². The Morgan fingerprint density at radius 2 is 2.17 bits per heavy atom. The van der Waals surface area contributed by atoms with E-state index in [4.69, 9.17) is 0 Å². The first-order valence-electron chi connectivity index (χ1n) is 7.47. The van der Waals surface area contributed by atoms with Crippen LogP contribution in [-0.4, -0.2) is 46.3 Å². The number of benzene rings is 1. The van der Waals surface area contributed by atoms with Gasteiger partial charge in [-0.25, -0.2) is 8.78 Å². The van der Waals surface area contributed by atoms with Gasteiger partial charge < -0.3 is 10.2 Å². The Morgan fingerprint density at radius 1 is 1.39 bits per heavy atom. The van der Waals surface area contributed by atoms with Gasteiger partial charge in [0.1, 0.15) is 17.3 Å². The molecule has 1 saturated heterocycles. The summed E-state index contributed by atoms with van der Waals surface area (Å²) >= 11 is 0. The summed E-state index contributed by atoms with van der Waals surface area (Å²) in [6.45, 7) is 3.89. The first-order valence-corrected chi connectivity index (χ1v) is 7.47. The highest BCUT2D eigenvalue weighted by atomic mass is 19.1. The summed E-state index contributed by atoms with van der Waals surface area (Å²) in [6.07, 6.45) is 1.58. The summed E-state index contributed by atoms with van der Waals surface area (Å²) in [5.74, 6) is -1.58. The molecule has 3 rings (SSSR count). The standard InChI is InChI=1S/C16H18F2N4O/c1-10-8-22(6-5-19-10)16(23)13-9-21(2)20-15(13)12-4-3-11(17)7-14(12)18/h3-4,7,9-10,19H,5-6,8H2,1-2H3/t10-/m1/s1. The maximum atomic E-state index is 14.1. The fourth-order valence-corrected chi connectivity index (χ4v) is 2.81. The van der Waals surface area contributed by atoms with Crippen LogP contribution in [-0.2, 0) is 7.05 Å². The van der Waals surface area contributed by atoms with Crippen molar-refractivity contribution in [2.45, 2.75) is 13.0 Å². The monoisotopic (exact) mass is 320 g/mol. The summed E-state index contributed by atoms with van der Waals surface area (Å²) in [4.78, 5) is 14.5. The molecule has 0 bridgehead atoms. The molecule has 5 nitrogen and oxygen atoms in total. The van der Waals surface area contributed by atoms with Crippen LogP contribution in [0.25, 0.3) is 11.3 Å². The normalized spacial score (nSPS) is 18.3. The highest BCUT2D eigenvalue weighted by Gasteiger charge is 2.26. The molecule has 0 radical (unpaired) electrons. The minimum atomic E-state index is -0.730. The molecule has 0 aliphatic carbocycles. The van der Waals surface area contributed by atoms with Crippen LogP contribution in [0, 0.1) is 11.6 Å². The molecule has 2 aromatic rings. The zero-order chi connectivity index (χ0) is 16.6. The number of rotatable bonds is 2. The summed E-state index contributed by atoms with van der Waals surface area (Å²) in [5, 5.41) is 7.47. The molecule has 1 atom stereocenters. The lowest BCUT2D eigenvalue weighted by molar-refractivity contribution is 0.0710.